The molecular weight excluding hydrogens is 302 g/mol. The van der Waals surface area contributed by atoms with Gasteiger partial charge in [-0.05, 0) is 30.7 Å². The van der Waals surface area contributed by atoms with E-state index in [1.54, 1.807) is 31.2 Å². The van der Waals surface area contributed by atoms with Gasteiger partial charge in [0.05, 0.1) is 0 Å². The second-order valence-electron chi connectivity index (χ2n) is 5.78. The summed E-state index contributed by atoms with van der Waals surface area (Å²) in [5.74, 6) is -3.20. The zero-order valence-electron chi connectivity index (χ0n) is 13.0. The molecule has 0 bridgehead atoms. The minimum absolute atomic E-state index is 0.0597. The summed E-state index contributed by atoms with van der Waals surface area (Å²) >= 11 is 0. The average Bonchev–Trinajstić information content (AvgIpc) is 2.51. The van der Waals surface area contributed by atoms with E-state index in [9.17, 15) is 18.4 Å². The molecule has 4 nitrogen and oxygen atoms in total. The highest BCUT2D eigenvalue weighted by Crippen LogP contribution is 2.32. The first kappa shape index (κ1) is 17.1. The number of likely N-dealkylation sites (tertiary alicyclic amines) is 1. The second kappa shape index (κ2) is 6.89. The molecule has 1 atom stereocenters. The Bertz CT molecular complexity index is 599. The van der Waals surface area contributed by atoms with E-state index >= 15 is 0 Å². The Labute approximate surface area is 134 Å². The Morgan fingerprint density at radius 2 is 2.04 bits per heavy atom. The molecule has 1 aromatic carbocycles. The number of hydrogen-bond donors (Lipinski definition) is 1. The third-order valence-electron chi connectivity index (χ3n) is 3.96. The fourth-order valence-electron chi connectivity index (χ4n) is 2.64. The van der Waals surface area contributed by atoms with Crippen molar-refractivity contribution in [2.75, 3.05) is 6.54 Å². The van der Waals surface area contributed by atoms with E-state index in [0.717, 1.165) is 5.56 Å². The normalized spacial score (nSPS) is 20.0. The van der Waals surface area contributed by atoms with Crippen molar-refractivity contribution in [2.45, 2.75) is 38.3 Å². The molecule has 1 N–H and O–H groups in total. The number of halogens is 2. The van der Waals surface area contributed by atoms with Gasteiger partial charge in [-0.15, -0.1) is 0 Å². The van der Waals surface area contributed by atoms with Crippen LogP contribution in [0.3, 0.4) is 0 Å². The molecule has 1 aliphatic rings. The smallest absolute Gasteiger partial charge is 0.254 e. The van der Waals surface area contributed by atoms with Crippen molar-refractivity contribution in [3.05, 3.63) is 48.0 Å². The molecule has 0 aromatic heterocycles. The first-order valence-electron chi connectivity index (χ1n) is 7.50. The van der Waals surface area contributed by atoms with Crippen molar-refractivity contribution in [3.63, 3.8) is 0 Å². The monoisotopic (exact) mass is 322 g/mol. The van der Waals surface area contributed by atoms with Crippen LogP contribution in [0, 0.1) is 0 Å². The average molecular weight is 322 g/mol. The van der Waals surface area contributed by atoms with E-state index in [4.69, 9.17) is 0 Å². The van der Waals surface area contributed by atoms with Crippen LogP contribution >= 0.6 is 0 Å². The number of hydrogen-bond acceptors (Lipinski definition) is 2. The lowest BCUT2D eigenvalue weighted by Crippen LogP contribution is -2.48. The van der Waals surface area contributed by atoms with Gasteiger partial charge in [-0.2, -0.15) is 0 Å². The molecule has 1 heterocycles. The number of rotatable bonds is 4. The lowest BCUT2D eigenvalue weighted by molar-refractivity contribution is -0.116. The minimum Gasteiger partial charge on any atom is -0.348 e. The van der Waals surface area contributed by atoms with Crippen molar-refractivity contribution in [2.24, 2.45) is 0 Å². The Kier molecular flexibility index (Phi) is 5.13. The summed E-state index contributed by atoms with van der Waals surface area (Å²) in [5.41, 5.74) is 1.30. The van der Waals surface area contributed by atoms with Crippen LogP contribution in [0.2, 0.25) is 0 Å². The molecule has 2 amide bonds. The molecule has 6 heteroatoms. The number of piperidine rings is 1. The molecule has 0 spiro atoms. The number of nitrogens with one attached hydrogen (secondary N) is 1. The van der Waals surface area contributed by atoms with Crippen LogP contribution in [0.4, 0.5) is 8.78 Å². The van der Waals surface area contributed by atoms with E-state index in [1.165, 1.54) is 11.0 Å². The third-order valence-corrected chi connectivity index (χ3v) is 3.96. The molecule has 0 aliphatic carbocycles. The predicted octanol–water partition coefficient (Wildman–Crippen LogP) is 2.75. The van der Waals surface area contributed by atoms with Crippen LogP contribution < -0.4 is 5.32 Å². The first-order valence-corrected chi connectivity index (χ1v) is 7.50. The Hall–Kier alpha value is -2.24. The maximum Gasteiger partial charge on any atom is 0.254 e. The van der Waals surface area contributed by atoms with Crippen LogP contribution in [0.25, 0.3) is 0 Å². The molecule has 0 radical (unpaired) electrons. The van der Waals surface area contributed by atoms with Gasteiger partial charge in [0.2, 0.25) is 5.91 Å². The molecule has 1 aromatic rings. The largest absolute Gasteiger partial charge is 0.348 e. The highest BCUT2D eigenvalue weighted by atomic mass is 19.3. The van der Waals surface area contributed by atoms with Gasteiger partial charge < -0.3 is 10.2 Å². The summed E-state index contributed by atoms with van der Waals surface area (Å²) in [4.78, 5) is 25.0. The lowest BCUT2D eigenvalue weighted by Gasteiger charge is -2.37. The number of carbonyl (C=O) groups is 2. The summed E-state index contributed by atoms with van der Waals surface area (Å²) in [7, 11) is 0. The van der Waals surface area contributed by atoms with Crippen LogP contribution in [0.15, 0.2) is 36.9 Å². The van der Waals surface area contributed by atoms with Gasteiger partial charge >= 0.3 is 0 Å². The van der Waals surface area contributed by atoms with Gasteiger partial charge in [0.15, 0.2) is 0 Å². The van der Waals surface area contributed by atoms with E-state index < -0.39 is 12.0 Å². The van der Waals surface area contributed by atoms with E-state index in [2.05, 4.69) is 11.9 Å². The minimum atomic E-state index is -2.69. The Morgan fingerprint density at radius 1 is 1.39 bits per heavy atom. The summed E-state index contributed by atoms with van der Waals surface area (Å²) < 4.78 is 26.7. The summed E-state index contributed by atoms with van der Waals surface area (Å²) in [6, 6.07) is 6.28. The fourth-order valence-corrected chi connectivity index (χ4v) is 2.64. The van der Waals surface area contributed by atoms with Crippen molar-refractivity contribution in [1.82, 2.24) is 10.2 Å². The van der Waals surface area contributed by atoms with Gasteiger partial charge in [-0.1, -0.05) is 18.7 Å². The van der Waals surface area contributed by atoms with Crippen LogP contribution in [-0.4, -0.2) is 35.2 Å². The van der Waals surface area contributed by atoms with E-state index in [0.29, 0.717) is 12.1 Å². The predicted molar refractivity (Wildman–Crippen MR) is 83.2 cm³/mol. The van der Waals surface area contributed by atoms with Gasteiger partial charge in [0.25, 0.3) is 11.8 Å². The van der Waals surface area contributed by atoms with Crippen LogP contribution in [0.5, 0.6) is 0 Å². The zero-order chi connectivity index (χ0) is 17.0. The fraction of sp³-hybridized carbons (Fsp3) is 0.412. The van der Waals surface area contributed by atoms with Gasteiger partial charge in [-0.25, -0.2) is 8.78 Å². The molecule has 1 aliphatic heterocycles. The highest BCUT2D eigenvalue weighted by molar-refractivity contribution is 5.94. The summed E-state index contributed by atoms with van der Waals surface area (Å²) in [6.45, 7) is 5.41. The van der Waals surface area contributed by atoms with Crippen LogP contribution in [-0.2, 0) is 11.3 Å². The maximum absolute atomic E-state index is 13.3. The standard InChI is InChI=1S/C17H20F2N2O2/c1-3-15(22)20-11-13-4-6-14(7-5-13)16(23)21-9-8-17(18,19)10-12(21)2/h3-7,12H,1,8-11H2,2H3,(H,20,22). The van der Waals surface area contributed by atoms with Gasteiger partial charge in [0, 0.05) is 37.5 Å². The Balaban J connectivity index is 2.00. The molecule has 23 heavy (non-hydrogen) atoms. The number of alkyl halides is 2. The number of benzene rings is 1. The van der Waals surface area contributed by atoms with E-state index in [-0.39, 0.29) is 31.2 Å². The molecule has 0 saturated carbocycles. The highest BCUT2D eigenvalue weighted by Gasteiger charge is 2.40. The van der Waals surface area contributed by atoms with Gasteiger partial charge in [-0.3, -0.25) is 9.59 Å². The van der Waals surface area contributed by atoms with Crippen LogP contribution in [0.1, 0.15) is 35.7 Å². The van der Waals surface area contributed by atoms with Crippen molar-refractivity contribution >= 4 is 11.8 Å². The molecule has 2 rings (SSSR count). The topological polar surface area (TPSA) is 49.4 Å². The SMILES string of the molecule is C=CC(=O)NCc1ccc(C(=O)N2CCC(F)(F)CC2C)cc1. The number of carbonyl (C=O) groups excluding carboxylic acids is 2. The van der Waals surface area contributed by atoms with Crippen molar-refractivity contribution < 1.29 is 18.4 Å². The third kappa shape index (κ3) is 4.37. The first-order chi connectivity index (χ1) is 10.8. The summed E-state index contributed by atoms with van der Waals surface area (Å²) in [6.07, 6.45) is 0.588. The zero-order valence-corrected chi connectivity index (χ0v) is 13.0. The van der Waals surface area contributed by atoms with Gasteiger partial charge in [0.1, 0.15) is 0 Å². The van der Waals surface area contributed by atoms with E-state index in [1.807, 2.05) is 0 Å². The quantitative estimate of drug-likeness (QED) is 0.867. The summed E-state index contributed by atoms with van der Waals surface area (Å²) in [5, 5.41) is 2.64. The number of nitrogens with zero attached hydrogens (tertiary/aromatic N) is 1. The van der Waals surface area contributed by atoms with Crippen molar-refractivity contribution in [1.29, 1.82) is 0 Å². The molecule has 1 fully saturated rings. The molecule has 1 saturated heterocycles. The number of amides is 2. The second-order valence-corrected chi connectivity index (χ2v) is 5.78. The molecule has 124 valence electrons. The van der Waals surface area contributed by atoms with Crippen molar-refractivity contribution in [3.8, 4) is 0 Å². The lowest BCUT2D eigenvalue weighted by atomic mass is 9.98. The maximum atomic E-state index is 13.3. The molecule has 1 unspecified atom stereocenters. The molecular formula is C17H20F2N2O2. The Morgan fingerprint density at radius 3 is 2.61 bits per heavy atom.